The molecular formula is C17H27FN2O. The number of ether oxygens (including phenoxy) is 1. The first-order valence-electron chi connectivity index (χ1n) is 8.05. The van der Waals surface area contributed by atoms with Gasteiger partial charge in [0.2, 0.25) is 0 Å². The number of nitrogens with one attached hydrogen (secondary N) is 1. The summed E-state index contributed by atoms with van der Waals surface area (Å²) in [4.78, 5) is 2.24. The van der Waals surface area contributed by atoms with Crippen molar-refractivity contribution in [3.8, 4) is 0 Å². The molecule has 1 fully saturated rings. The molecule has 4 heteroatoms. The Kier molecular flexibility index (Phi) is 6.00. The maximum atomic E-state index is 14.3. The minimum atomic E-state index is -0.133. The molecule has 3 nitrogen and oxygen atoms in total. The molecule has 1 N–H and O–H groups in total. The van der Waals surface area contributed by atoms with Crippen LogP contribution in [0.1, 0.15) is 45.2 Å². The molecule has 2 unspecified atom stereocenters. The Balaban J connectivity index is 2.24. The lowest BCUT2D eigenvalue weighted by atomic mass is 10.0. The summed E-state index contributed by atoms with van der Waals surface area (Å²) in [5.41, 5.74) is 1.75. The van der Waals surface area contributed by atoms with Gasteiger partial charge in [-0.2, -0.15) is 0 Å². The molecule has 2 rings (SSSR count). The number of nitrogens with zero attached hydrogens (tertiary/aromatic N) is 1. The van der Waals surface area contributed by atoms with Gasteiger partial charge in [0.25, 0.3) is 0 Å². The highest BCUT2D eigenvalue weighted by molar-refractivity contribution is 5.55. The summed E-state index contributed by atoms with van der Waals surface area (Å²) < 4.78 is 20.1. The standard InChI is InChI=1S/C17H27FN2O/c1-4-19-13(3)17-15(18)9-6-10-16(17)20(5-2)12-14-8-7-11-21-14/h6,9-10,13-14,19H,4-5,7-8,11-12H2,1-3H3. The number of likely N-dealkylation sites (N-methyl/N-ethyl adjacent to an activating group) is 1. The van der Waals surface area contributed by atoms with Gasteiger partial charge < -0.3 is 15.0 Å². The summed E-state index contributed by atoms with van der Waals surface area (Å²) in [5, 5.41) is 3.32. The molecule has 0 saturated carbocycles. The summed E-state index contributed by atoms with van der Waals surface area (Å²) in [7, 11) is 0. The summed E-state index contributed by atoms with van der Waals surface area (Å²) in [6.45, 7) is 9.55. The molecule has 1 saturated heterocycles. The fraction of sp³-hybridized carbons (Fsp3) is 0.647. The number of anilines is 1. The van der Waals surface area contributed by atoms with Crippen molar-refractivity contribution >= 4 is 5.69 Å². The number of benzene rings is 1. The van der Waals surface area contributed by atoms with Crippen molar-refractivity contribution in [1.82, 2.24) is 5.32 Å². The number of halogens is 1. The molecular weight excluding hydrogens is 267 g/mol. The van der Waals surface area contributed by atoms with Crippen LogP contribution in [0.15, 0.2) is 18.2 Å². The Bertz CT molecular complexity index is 446. The second-order valence-electron chi connectivity index (χ2n) is 5.63. The molecule has 2 atom stereocenters. The fourth-order valence-electron chi connectivity index (χ4n) is 3.07. The van der Waals surface area contributed by atoms with E-state index in [1.807, 2.05) is 19.9 Å². The Morgan fingerprint density at radius 2 is 2.24 bits per heavy atom. The van der Waals surface area contributed by atoms with Crippen molar-refractivity contribution in [2.75, 3.05) is 31.1 Å². The van der Waals surface area contributed by atoms with Crippen LogP contribution in [0.5, 0.6) is 0 Å². The van der Waals surface area contributed by atoms with Crippen molar-refractivity contribution in [3.05, 3.63) is 29.6 Å². The highest BCUT2D eigenvalue weighted by Crippen LogP contribution is 2.30. The SMILES string of the molecule is CCNC(C)c1c(F)cccc1N(CC)CC1CCCO1. The first-order chi connectivity index (χ1) is 10.2. The van der Waals surface area contributed by atoms with Gasteiger partial charge in [-0.1, -0.05) is 13.0 Å². The monoisotopic (exact) mass is 294 g/mol. The lowest BCUT2D eigenvalue weighted by Crippen LogP contribution is -2.34. The molecule has 0 bridgehead atoms. The van der Waals surface area contributed by atoms with Gasteiger partial charge in [-0.05, 0) is 45.4 Å². The van der Waals surface area contributed by atoms with Crippen molar-refractivity contribution < 1.29 is 9.13 Å². The summed E-state index contributed by atoms with van der Waals surface area (Å²) >= 11 is 0. The van der Waals surface area contributed by atoms with E-state index >= 15 is 0 Å². The molecule has 21 heavy (non-hydrogen) atoms. The Morgan fingerprint density at radius 1 is 1.43 bits per heavy atom. The van der Waals surface area contributed by atoms with E-state index in [2.05, 4.69) is 17.1 Å². The largest absolute Gasteiger partial charge is 0.376 e. The maximum absolute atomic E-state index is 14.3. The van der Waals surface area contributed by atoms with Crippen LogP contribution in [-0.2, 0) is 4.74 Å². The maximum Gasteiger partial charge on any atom is 0.130 e. The summed E-state index contributed by atoms with van der Waals surface area (Å²) in [6, 6.07) is 5.37. The van der Waals surface area contributed by atoms with E-state index in [9.17, 15) is 4.39 Å². The fourth-order valence-corrected chi connectivity index (χ4v) is 3.07. The minimum absolute atomic E-state index is 0.00439. The van der Waals surface area contributed by atoms with Crippen LogP contribution in [0, 0.1) is 5.82 Å². The highest BCUT2D eigenvalue weighted by atomic mass is 19.1. The third-order valence-electron chi connectivity index (χ3n) is 4.14. The van der Waals surface area contributed by atoms with Gasteiger partial charge in [-0.3, -0.25) is 0 Å². The second kappa shape index (κ2) is 7.76. The zero-order valence-corrected chi connectivity index (χ0v) is 13.4. The van der Waals surface area contributed by atoms with Crippen LogP contribution in [0.2, 0.25) is 0 Å². The number of rotatable bonds is 7. The predicted octanol–water partition coefficient (Wildman–Crippen LogP) is 3.50. The van der Waals surface area contributed by atoms with Crippen molar-refractivity contribution in [3.63, 3.8) is 0 Å². The average molecular weight is 294 g/mol. The van der Waals surface area contributed by atoms with Crippen LogP contribution >= 0.6 is 0 Å². The molecule has 0 aliphatic carbocycles. The topological polar surface area (TPSA) is 24.5 Å². The predicted molar refractivity (Wildman–Crippen MR) is 85.4 cm³/mol. The third kappa shape index (κ3) is 3.95. The molecule has 1 heterocycles. The van der Waals surface area contributed by atoms with Gasteiger partial charge in [0, 0.05) is 37.0 Å². The Hall–Kier alpha value is -1.13. The van der Waals surface area contributed by atoms with Crippen molar-refractivity contribution in [2.24, 2.45) is 0 Å². The summed E-state index contributed by atoms with van der Waals surface area (Å²) in [6.07, 6.45) is 2.51. The Morgan fingerprint density at radius 3 is 2.86 bits per heavy atom. The number of hydrogen-bond acceptors (Lipinski definition) is 3. The lowest BCUT2D eigenvalue weighted by Gasteiger charge is -2.30. The number of hydrogen-bond donors (Lipinski definition) is 1. The minimum Gasteiger partial charge on any atom is -0.376 e. The van der Waals surface area contributed by atoms with Gasteiger partial charge in [-0.25, -0.2) is 4.39 Å². The van der Waals surface area contributed by atoms with Gasteiger partial charge in [0.05, 0.1) is 6.10 Å². The molecule has 1 aliphatic heterocycles. The molecule has 118 valence electrons. The van der Waals surface area contributed by atoms with E-state index in [1.54, 1.807) is 12.1 Å². The second-order valence-corrected chi connectivity index (χ2v) is 5.63. The van der Waals surface area contributed by atoms with E-state index in [0.29, 0.717) is 0 Å². The van der Waals surface area contributed by atoms with Crippen molar-refractivity contribution in [2.45, 2.75) is 45.8 Å². The normalized spacial score (nSPS) is 19.7. The van der Waals surface area contributed by atoms with Gasteiger partial charge in [-0.15, -0.1) is 0 Å². The average Bonchev–Trinajstić information content (AvgIpc) is 2.97. The third-order valence-corrected chi connectivity index (χ3v) is 4.14. The Labute approximate surface area is 127 Å². The lowest BCUT2D eigenvalue weighted by molar-refractivity contribution is 0.115. The van der Waals surface area contributed by atoms with Gasteiger partial charge in [0.15, 0.2) is 0 Å². The van der Waals surface area contributed by atoms with Gasteiger partial charge >= 0.3 is 0 Å². The van der Waals surface area contributed by atoms with Crippen LogP contribution in [0.4, 0.5) is 10.1 Å². The van der Waals surface area contributed by atoms with Crippen LogP contribution in [-0.4, -0.2) is 32.3 Å². The zero-order valence-electron chi connectivity index (χ0n) is 13.4. The van der Waals surface area contributed by atoms with Crippen LogP contribution in [0.3, 0.4) is 0 Å². The van der Waals surface area contributed by atoms with Crippen LogP contribution < -0.4 is 10.2 Å². The van der Waals surface area contributed by atoms with Gasteiger partial charge in [0.1, 0.15) is 5.82 Å². The smallest absolute Gasteiger partial charge is 0.130 e. The van der Waals surface area contributed by atoms with E-state index in [0.717, 1.165) is 50.3 Å². The van der Waals surface area contributed by atoms with Crippen LogP contribution in [0.25, 0.3) is 0 Å². The quantitative estimate of drug-likeness (QED) is 0.833. The molecule has 0 amide bonds. The van der Waals surface area contributed by atoms with Crippen molar-refractivity contribution in [1.29, 1.82) is 0 Å². The van der Waals surface area contributed by atoms with E-state index in [1.165, 1.54) is 0 Å². The molecule has 1 aliphatic rings. The first-order valence-corrected chi connectivity index (χ1v) is 8.05. The van der Waals surface area contributed by atoms with E-state index in [4.69, 9.17) is 4.74 Å². The molecule has 0 aromatic heterocycles. The summed E-state index contributed by atoms with van der Waals surface area (Å²) in [5.74, 6) is -0.133. The highest BCUT2D eigenvalue weighted by Gasteiger charge is 2.23. The zero-order chi connectivity index (χ0) is 15.2. The molecule has 0 spiro atoms. The van der Waals surface area contributed by atoms with E-state index < -0.39 is 0 Å². The molecule has 1 aromatic rings. The first kappa shape index (κ1) is 16.2. The van der Waals surface area contributed by atoms with E-state index in [-0.39, 0.29) is 18.0 Å². The molecule has 0 radical (unpaired) electrons. The molecule has 1 aromatic carbocycles.